The molecule has 0 radical (unpaired) electrons. The van der Waals surface area contributed by atoms with Gasteiger partial charge in [-0.25, -0.2) is 9.78 Å². The number of hydrogen-bond acceptors (Lipinski definition) is 4. The van der Waals surface area contributed by atoms with Gasteiger partial charge in [0.2, 0.25) is 0 Å². The van der Waals surface area contributed by atoms with Gasteiger partial charge in [0.1, 0.15) is 5.15 Å². The number of aryl methyl sites for hydroxylation is 2. The van der Waals surface area contributed by atoms with Gasteiger partial charge in [-0.05, 0) is 50.1 Å². The van der Waals surface area contributed by atoms with Gasteiger partial charge >= 0.3 is 5.97 Å². The van der Waals surface area contributed by atoms with E-state index < -0.39 is 18.0 Å². The number of nitrogens with one attached hydrogen (secondary N) is 1. The summed E-state index contributed by atoms with van der Waals surface area (Å²) in [7, 11) is 0. The van der Waals surface area contributed by atoms with Gasteiger partial charge in [0.15, 0.2) is 6.10 Å². The van der Waals surface area contributed by atoms with Crippen LogP contribution in [0.15, 0.2) is 36.5 Å². The van der Waals surface area contributed by atoms with Crippen LogP contribution in [0.1, 0.15) is 28.4 Å². The molecule has 0 fully saturated rings. The van der Waals surface area contributed by atoms with E-state index in [2.05, 4.69) is 10.3 Å². The molecular weight excluding hydrogens is 316 g/mol. The molecule has 2 aromatic rings. The molecule has 1 aromatic heterocycles. The number of carbonyl (C=O) groups excluding carboxylic acids is 2. The van der Waals surface area contributed by atoms with Crippen molar-refractivity contribution in [3.63, 3.8) is 0 Å². The molecule has 1 heterocycles. The second kappa shape index (κ2) is 7.24. The Balaban J connectivity index is 2.04. The molecule has 1 atom stereocenters. The van der Waals surface area contributed by atoms with Crippen LogP contribution in [0.4, 0.5) is 5.69 Å². The Morgan fingerprint density at radius 1 is 1.26 bits per heavy atom. The number of esters is 1. The monoisotopic (exact) mass is 332 g/mol. The molecule has 1 N–H and O–H groups in total. The Morgan fingerprint density at radius 2 is 2.00 bits per heavy atom. The number of pyridine rings is 1. The van der Waals surface area contributed by atoms with Gasteiger partial charge in [0, 0.05) is 11.9 Å². The fourth-order valence-electron chi connectivity index (χ4n) is 1.92. The molecule has 0 saturated carbocycles. The van der Waals surface area contributed by atoms with Crippen LogP contribution < -0.4 is 5.32 Å². The van der Waals surface area contributed by atoms with Crippen molar-refractivity contribution >= 4 is 29.2 Å². The second-order valence-electron chi connectivity index (χ2n) is 5.20. The highest BCUT2D eigenvalue weighted by molar-refractivity contribution is 6.32. The van der Waals surface area contributed by atoms with Crippen LogP contribution in [-0.2, 0) is 9.53 Å². The fourth-order valence-corrected chi connectivity index (χ4v) is 2.12. The van der Waals surface area contributed by atoms with Crippen molar-refractivity contribution in [2.45, 2.75) is 26.9 Å². The van der Waals surface area contributed by atoms with Gasteiger partial charge in [-0.15, -0.1) is 0 Å². The third-order valence-corrected chi connectivity index (χ3v) is 3.58. The summed E-state index contributed by atoms with van der Waals surface area (Å²) in [5.41, 5.74) is 2.77. The van der Waals surface area contributed by atoms with Crippen molar-refractivity contribution in [1.82, 2.24) is 4.98 Å². The quantitative estimate of drug-likeness (QED) is 0.687. The van der Waals surface area contributed by atoms with Crippen LogP contribution >= 0.6 is 11.6 Å². The van der Waals surface area contributed by atoms with E-state index >= 15 is 0 Å². The average Bonchev–Trinajstić information content (AvgIpc) is 2.51. The number of ether oxygens (including phenoxy) is 1. The molecule has 0 aliphatic carbocycles. The van der Waals surface area contributed by atoms with Crippen LogP contribution in [0.25, 0.3) is 0 Å². The fraction of sp³-hybridized carbons (Fsp3) is 0.235. The lowest BCUT2D eigenvalue weighted by atomic mass is 10.1. The first-order chi connectivity index (χ1) is 10.9. The molecule has 0 saturated heterocycles. The Bertz CT molecular complexity index is 746. The minimum atomic E-state index is -0.960. The average molecular weight is 333 g/mol. The molecule has 1 amide bonds. The van der Waals surface area contributed by atoms with Gasteiger partial charge in [-0.3, -0.25) is 4.79 Å². The lowest BCUT2D eigenvalue weighted by Crippen LogP contribution is -2.30. The number of carbonyl (C=O) groups is 2. The van der Waals surface area contributed by atoms with Crippen LogP contribution in [0.3, 0.4) is 0 Å². The lowest BCUT2D eigenvalue weighted by molar-refractivity contribution is -0.123. The number of rotatable bonds is 4. The summed E-state index contributed by atoms with van der Waals surface area (Å²) in [4.78, 5) is 28.0. The molecule has 6 heteroatoms. The second-order valence-corrected chi connectivity index (χ2v) is 5.55. The van der Waals surface area contributed by atoms with E-state index in [1.807, 2.05) is 32.0 Å². The van der Waals surface area contributed by atoms with E-state index in [-0.39, 0.29) is 10.7 Å². The third kappa shape index (κ3) is 4.29. The van der Waals surface area contributed by atoms with Crippen molar-refractivity contribution in [2.75, 3.05) is 5.32 Å². The van der Waals surface area contributed by atoms with Crippen LogP contribution in [-0.4, -0.2) is 23.0 Å². The van der Waals surface area contributed by atoms with E-state index in [1.54, 1.807) is 6.07 Å². The standard InChI is InChI=1S/C17H17ClN2O3/c1-10-6-7-11(2)14(9-10)20-16(21)12(3)23-17(22)13-5-4-8-19-15(13)18/h4-9,12H,1-3H3,(H,20,21). The van der Waals surface area contributed by atoms with Crippen molar-refractivity contribution in [3.05, 3.63) is 58.4 Å². The summed E-state index contributed by atoms with van der Waals surface area (Å²) < 4.78 is 5.15. The smallest absolute Gasteiger partial charge is 0.342 e. The Kier molecular flexibility index (Phi) is 5.34. The van der Waals surface area contributed by atoms with Crippen LogP contribution in [0, 0.1) is 13.8 Å². The van der Waals surface area contributed by atoms with Gasteiger partial charge < -0.3 is 10.1 Å². The zero-order valence-electron chi connectivity index (χ0n) is 13.1. The summed E-state index contributed by atoms with van der Waals surface area (Å²) in [5.74, 6) is -1.10. The number of amides is 1. The molecule has 0 aliphatic rings. The number of anilines is 1. The van der Waals surface area contributed by atoms with Gasteiger partial charge in [-0.1, -0.05) is 23.7 Å². The van der Waals surface area contributed by atoms with Gasteiger partial charge in [0.05, 0.1) is 5.56 Å². The summed E-state index contributed by atoms with van der Waals surface area (Å²) in [6.07, 6.45) is 0.508. The van der Waals surface area contributed by atoms with E-state index in [0.717, 1.165) is 11.1 Å². The largest absolute Gasteiger partial charge is 0.449 e. The number of halogens is 1. The van der Waals surface area contributed by atoms with Crippen molar-refractivity contribution in [1.29, 1.82) is 0 Å². The predicted molar refractivity (Wildman–Crippen MR) is 88.7 cm³/mol. The summed E-state index contributed by atoms with van der Waals surface area (Å²) in [5, 5.41) is 2.80. The first kappa shape index (κ1) is 17.0. The van der Waals surface area contributed by atoms with Crippen LogP contribution in [0.2, 0.25) is 5.15 Å². The number of nitrogens with zero attached hydrogens (tertiary/aromatic N) is 1. The molecule has 2 rings (SSSR count). The molecule has 23 heavy (non-hydrogen) atoms. The Hall–Kier alpha value is -2.40. The normalized spacial score (nSPS) is 11.7. The molecule has 0 spiro atoms. The highest BCUT2D eigenvalue weighted by atomic mass is 35.5. The molecule has 1 aromatic carbocycles. The summed E-state index contributed by atoms with van der Waals surface area (Å²) in [6.45, 7) is 5.33. The van der Waals surface area contributed by atoms with Crippen LogP contribution in [0.5, 0.6) is 0 Å². The Labute approximate surface area is 139 Å². The maximum Gasteiger partial charge on any atom is 0.342 e. The van der Waals surface area contributed by atoms with Crippen molar-refractivity contribution in [2.24, 2.45) is 0 Å². The topological polar surface area (TPSA) is 68.3 Å². The molecule has 1 unspecified atom stereocenters. The molecule has 0 aliphatic heterocycles. The number of benzene rings is 1. The predicted octanol–water partition coefficient (Wildman–Crippen LogP) is 3.54. The molecule has 0 bridgehead atoms. The van der Waals surface area contributed by atoms with E-state index in [0.29, 0.717) is 5.69 Å². The maximum atomic E-state index is 12.2. The molecular formula is C17H17ClN2O3. The lowest BCUT2D eigenvalue weighted by Gasteiger charge is -2.15. The van der Waals surface area contributed by atoms with Gasteiger partial charge in [0.25, 0.3) is 5.91 Å². The van der Waals surface area contributed by atoms with Crippen molar-refractivity contribution < 1.29 is 14.3 Å². The zero-order chi connectivity index (χ0) is 17.0. The number of aromatic nitrogens is 1. The Morgan fingerprint density at radius 3 is 2.70 bits per heavy atom. The van der Waals surface area contributed by atoms with Crippen molar-refractivity contribution in [3.8, 4) is 0 Å². The third-order valence-electron chi connectivity index (χ3n) is 3.28. The first-order valence-corrected chi connectivity index (χ1v) is 7.46. The van der Waals surface area contributed by atoms with E-state index in [1.165, 1.54) is 19.2 Å². The zero-order valence-corrected chi connectivity index (χ0v) is 13.8. The summed E-state index contributed by atoms with van der Waals surface area (Å²) >= 11 is 5.84. The van der Waals surface area contributed by atoms with E-state index in [4.69, 9.17) is 16.3 Å². The highest BCUT2D eigenvalue weighted by Gasteiger charge is 2.21. The molecule has 120 valence electrons. The molecule has 5 nitrogen and oxygen atoms in total. The maximum absolute atomic E-state index is 12.2. The summed E-state index contributed by atoms with van der Waals surface area (Å²) in [6, 6.07) is 8.80. The minimum absolute atomic E-state index is 0.0413. The van der Waals surface area contributed by atoms with E-state index in [9.17, 15) is 9.59 Å². The first-order valence-electron chi connectivity index (χ1n) is 7.08. The number of hydrogen-bond donors (Lipinski definition) is 1. The van der Waals surface area contributed by atoms with Gasteiger partial charge in [-0.2, -0.15) is 0 Å². The minimum Gasteiger partial charge on any atom is -0.449 e. The SMILES string of the molecule is Cc1ccc(C)c(NC(=O)C(C)OC(=O)c2cccnc2Cl)c1. The highest BCUT2D eigenvalue weighted by Crippen LogP contribution is 2.18.